The highest BCUT2D eigenvalue weighted by molar-refractivity contribution is 9.08. The van der Waals surface area contributed by atoms with Crippen LogP contribution in [0.4, 0.5) is 0 Å². The molecule has 0 spiro atoms. The van der Waals surface area contributed by atoms with Gasteiger partial charge in [-0.2, -0.15) is 0 Å². The molecule has 2 aromatic rings. The first-order valence-electron chi connectivity index (χ1n) is 6.87. The molecule has 1 aromatic heterocycles. The van der Waals surface area contributed by atoms with E-state index >= 15 is 0 Å². The van der Waals surface area contributed by atoms with Gasteiger partial charge in [-0.05, 0) is 12.1 Å². The Morgan fingerprint density at radius 1 is 1.22 bits per heavy atom. The van der Waals surface area contributed by atoms with Crippen molar-refractivity contribution in [3.63, 3.8) is 0 Å². The Bertz CT molecular complexity index is 708. The lowest BCUT2D eigenvalue weighted by molar-refractivity contribution is -0.277. The Morgan fingerprint density at radius 2 is 1.96 bits per heavy atom. The molecule has 0 saturated carbocycles. The van der Waals surface area contributed by atoms with Crippen LogP contribution in [-0.4, -0.2) is 61.3 Å². The van der Waals surface area contributed by atoms with Gasteiger partial charge in [-0.1, -0.05) is 17.7 Å². The average Bonchev–Trinajstić information content (AvgIpc) is 2.85. The Kier molecular flexibility index (Phi) is 4.84. The van der Waals surface area contributed by atoms with Crippen molar-refractivity contribution in [2.24, 2.45) is 0 Å². The number of benzene rings is 1. The smallest absolute Gasteiger partial charge is 0.229 e. The number of aliphatic hydroxyl groups excluding tert-OH is 4. The number of halogens is 2. The second-order valence-corrected chi connectivity index (χ2v) is 6.42. The minimum Gasteiger partial charge on any atom is -0.460 e. The van der Waals surface area contributed by atoms with Gasteiger partial charge in [0.1, 0.15) is 24.4 Å². The number of aliphatic hydroxyl groups is 4. The van der Waals surface area contributed by atoms with Gasteiger partial charge in [-0.3, -0.25) is 3.59 Å². The highest BCUT2D eigenvalue weighted by Crippen LogP contribution is 2.36. The molecule has 1 fully saturated rings. The molecule has 1 saturated heterocycles. The third kappa shape index (κ3) is 2.96. The fraction of sp³-hybridized carbons (Fsp3) is 0.429. The molecular formula is C14H15BrClNO6. The second-order valence-electron chi connectivity index (χ2n) is 5.25. The molecule has 23 heavy (non-hydrogen) atoms. The van der Waals surface area contributed by atoms with Crippen molar-refractivity contribution in [2.45, 2.75) is 30.7 Å². The lowest BCUT2D eigenvalue weighted by atomic mass is 9.99. The van der Waals surface area contributed by atoms with Crippen LogP contribution in [0.25, 0.3) is 10.9 Å². The summed E-state index contributed by atoms with van der Waals surface area (Å²) in [6.45, 7) is -0.522. The predicted molar refractivity (Wildman–Crippen MR) is 85.7 cm³/mol. The minimum absolute atomic E-state index is 0.326. The fourth-order valence-corrected chi connectivity index (χ4v) is 3.30. The van der Waals surface area contributed by atoms with E-state index in [1.54, 1.807) is 21.9 Å². The van der Waals surface area contributed by atoms with Crippen LogP contribution in [0.5, 0.6) is 5.75 Å². The largest absolute Gasteiger partial charge is 0.460 e. The van der Waals surface area contributed by atoms with Crippen LogP contribution in [0, 0.1) is 0 Å². The predicted octanol–water partition coefficient (Wildman–Crippen LogP) is 0.631. The van der Waals surface area contributed by atoms with Crippen LogP contribution in [0.3, 0.4) is 0 Å². The van der Waals surface area contributed by atoms with Crippen LogP contribution in [0.15, 0.2) is 24.4 Å². The van der Waals surface area contributed by atoms with E-state index in [0.29, 0.717) is 16.2 Å². The Balaban J connectivity index is 1.92. The van der Waals surface area contributed by atoms with E-state index in [0.717, 1.165) is 5.52 Å². The second kappa shape index (κ2) is 6.56. The van der Waals surface area contributed by atoms with Gasteiger partial charge in [0.05, 0.1) is 44.9 Å². The number of rotatable bonds is 3. The summed E-state index contributed by atoms with van der Waals surface area (Å²) in [5, 5.41) is 39.9. The van der Waals surface area contributed by atoms with E-state index in [9.17, 15) is 20.4 Å². The minimum atomic E-state index is -1.50. The monoisotopic (exact) mass is 407 g/mol. The van der Waals surface area contributed by atoms with E-state index in [1.165, 1.54) is 0 Å². The van der Waals surface area contributed by atoms with E-state index in [1.807, 2.05) is 6.07 Å². The zero-order chi connectivity index (χ0) is 16.7. The molecule has 0 aliphatic carbocycles. The summed E-state index contributed by atoms with van der Waals surface area (Å²) in [5.41, 5.74) is 0.747. The summed E-state index contributed by atoms with van der Waals surface area (Å²) in [4.78, 5) is 0. The van der Waals surface area contributed by atoms with Gasteiger partial charge in [0.2, 0.25) is 6.29 Å². The maximum Gasteiger partial charge on any atom is 0.229 e. The number of hydrogen-bond donors (Lipinski definition) is 4. The highest BCUT2D eigenvalue weighted by atomic mass is 79.9. The highest BCUT2D eigenvalue weighted by Gasteiger charge is 2.45. The molecule has 7 nitrogen and oxygen atoms in total. The molecule has 3 rings (SSSR count). The maximum atomic E-state index is 10.0. The lowest BCUT2D eigenvalue weighted by Gasteiger charge is -2.39. The van der Waals surface area contributed by atoms with Crippen molar-refractivity contribution in [2.75, 3.05) is 6.61 Å². The Morgan fingerprint density at radius 3 is 2.65 bits per heavy atom. The SMILES string of the molecule is OC[C@H]1O[C@@H](Oc2cn(Br)c3cccc(Cl)c23)[C@H](O)[C@@H](O)[C@H]1O. The van der Waals surface area contributed by atoms with Crippen LogP contribution >= 0.6 is 27.7 Å². The summed E-state index contributed by atoms with van der Waals surface area (Å²) in [6.07, 6.45) is -5.12. The van der Waals surface area contributed by atoms with E-state index < -0.39 is 37.3 Å². The molecule has 5 atom stereocenters. The molecule has 0 bridgehead atoms. The Hall–Kier alpha value is -0.870. The van der Waals surface area contributed by atoms with Crippen molar-refractivity contribution in [1.82, 2.24) is 3.59 Å². The first-order chi connectivity index (χ1) is 10.9. The van der Waals surface area contributed by atoms with Gasteiger partial charge in [0, 0.05) is 0 Å². The Labute approximate surface area is 145 Å². The van der Waals surface area contributed by atoms with Crippen LogP contribution in [0.2, 0.25) is 5.02 Å². The molecule has 0 unspecified atom stereocenters. The number of nitrogens with zero attached hydrogens (tertiary/aromatic N) is 1. The molecule has 0 amide bonds. The van der Waals surface area contributed by atoms with Crippen molar-refractivity contribution in [3.8, 4) is 5.75 Å². The molecule has 2 heterocycles. The summed E-state index contributed by atoms with van der Waals surface area (Å²) >= 11 is 9.51. The topological polar surface area (TPSA) is 104 Å². The van der Waals surface area contributed by atoms with Gasteiger partial charge in [0.25, 0.3) is 0 Å². The summed E-state index contributed by atoms with van der Waals surface area (Å²) in [7, 11) is 0. The van der Waals surface area contributed by atoms with Crippen molar-refractivity contribution >= 4 is 38.7 Å². The van der Waals surface area contributed by atoms with E-state index in [2.05, 4.69) is 16.1 Å². The van der Waals surface area contributed by atoms with Crippen molar-refractivity contribution in [3.05, 3.63) is 29.4 Å². The quantitative estimate of drug-likeness (QED) is 0.594. The number of hydrogen-bond acceptors (Lipinski definition) is 6. The summed E-state index contributed by atoms with van der Waals surface area (Å²) < 4.78 is 12.6. The molecule has 4 N–H and O–H groups in total. The standard InChI is InChI=1S/C14H15BrClNO6/c15-17-4-8(10-6(16)2-1-3-7(10)17)22-14-13(21)12(20)11(19)9(5-18)23-14/h1-4,9,11-14,18-21H,5H2/t9-,11+,12+,13-,14-/m1/s1. The van der Waals surface area contributed by atoms with Crippen molar-refractivity contribution < 1.29 is 29.9 Å². The lowest BCUT2D eigenvalue weighted by Crippen LogP contribution is -2.60. The zero-order valence-corrected chi connectivity index (χ0v) is 14.1. The molecular weight excluding hydrogens is 394 g/mol. The molecule has 1 aliphatic heterocycles. The first-order valence-corrected chi connectivity index (χ1v) is 7.95. The van der Waals surface area contributed by atoms with Gasteiger partial charge < -0.3 is 29.9 Å². The molecule has 9 heteroatoms. The fourth-order valence-electron chi connectivity index (χ4n) is 2.55. The maximum absolute atomic E-state index is 10.0. The number of ether oxygens (including phenoxy) is 2. The average molecular weight is 409 g/mol. The third-order valence-electron chi connectivity index (χ3n) is 3.79. The van der Waals surface area contributed by atoms with Crippen LogP contribution < -0.4 is 4.74 Å². The zero-order valence-electron chi connectivity index (χ0n) is 11.7. The van der Waals surface area contributed by atoms with Gasteiger partial charge in [-0.15, -0.1) is 0 Å². The van der Waals surface area contributed by atoms with Gasteiger partial charge in [-0.25, -0.2) is 0 Å². The number of fused-ring (bicyclic) bond motifs is 1. The molecule has 126 valence electrons. The van der Waals surface area contributed by atoms with Crippen molar-refractivity contribution in [1.29, 1.82) is 0 Å². The van der Waals surface area contributed by atoms with Gasteiger partial charge >= 0.3 is 0 Å². The van der Waals surface area contributed by atoms with Crippen LogP contribution in [-0.2, 0) is 4.74 Å². The summed E-state index contributed by atoms with van der Waals surface area (Å²) in [5.74, 6) is 0.326. The number of aromatic nitrogens is 1. The normalized spacial score (nSPS) is 31.5. The molecule has 1 aromatic carbocycles. The molecule has 0 radical (unpaired) electrons. The van der Waals surface area contributed by atoms with E-state index in [-0.39, 0.29) is 0 Å². The van der Waals surface area contributed by atoms with Gasteiger partial charge in [0.15, 0.2) is 5.75 Å². The van der Waals surface area contributed by atoms with E-state index in [4.69, 9.17) is 21.1 Å². The third-order valence-corrected chi connectivity index (χ3v) is 4.69. The summed E-state index contributed by atoms with van der Waals surface area (Å²) in [6, 6.07) is 5.28. The first kappa shape index (κ1) is 17.0. The molecule has 1 aliphatic rings. The van der Waals surface area contributed by atoms with Crippen LogP contribution in [0.1, 0.15) is 0 Å².